The molecule has 23 heavy (non-hydrogen) atoms. The fraction of sp³-hybridized carbons (Fsp3) is 0.353. The van der Waals surface area contributed by atoms with Crippen molar-refractivity contribution in [2.75, 3.05) is 0 Å². The Balaban J connectivity index is 2.03. The van der Waals surface area contributed by atoms with Crippen molar-refractivity contribution in [3.05, 3.63) is 47.3 Å². The molecule has 1 aliphatic rings. The number of hydrogen-bond acceptors (Lipinski definition) is 5. The Hall–Kier alpha value is -2.49. The number of carbonyl (C=O) groups is 1. The molecule has 0 aliphatic heterocycles. The van der Waals surface area contributed by atoms with Crippen LogP contribution in [0.1, 0.15) is 31.0 Å². The number of pyridine rings is 1. The quantitative estimate of drug-likeness (QED) is 0.754. The van der Waals surface area contributed by atoms with Gasteiger partial charge in [-0.05, 0) is 31.4 Å². The molecule has 1 amide bonds. The molecule has 0 aromatic carbocycles. The van der Waals surface area contributed by atoms with Crippen molar-refractivity contribution in [3.8, 4) is 6.07 Å². The lowest BCUT2D eigenvalue weighted by atomic mass is 9.94. The number of aliphatic hydroxyl groups is 2. The van der Waals surface area contributed by atoms with Crippen LogP contribution in [0.15, 0.2) is 36.1 Å². The zero-order valence-corrected chi connectivity index (χ0v) is 12.9. The normalized spacial score (nSPS) is 16.6. The number of allylic oxidation sites excluding steroid dienone is 4. The highest BCUT2D eigenvalue weighted by molar-refractivity contribution is 5.81. The number of aliphatic hydroxyl groups excluding tert-OH is 2. The van der Waals surface area contributed by atoms with Gasteiger partial charge >= 0.3 is 0 Å². The van der Waals surface area contributed by atoms with E-state index in [-0.39, 0.29) is 6.54 Å². The summed E-state index contributed by atoms with van der Waals surface area (Å²) < 4.78 is 0. The maximum atomic E-state index is 11.6. The molecule has 6 heteroatoms. The maximum absolute atomic E-state index is 11.6. The van der Waals surface area contributed by atoms with Crippen molar-refractivity contribution in [1.29, 1.82) is 5.26 Å². The fourth-order valence-electron chi connectivity index (χ4n) is 2.24. The van der Waals surface area contributed by atoms with Gasteiger partial charge in [-0.25, -0.2) is 0 Å². The minimum absolute atomic E-state index is 0.156. The number of nitrogens with zero attached hydrogens (tertiary/aromatic N) is 2. The summed E-state index contributed by atoms with van der Waals surface area (Å²) in [4.78, 5) is 15.8. The van der Waals surface area contributed by atoms with E-state index in [9.17, 15) is 9.90 Å². The van der Waals surface area contributed by atoms with Crippen LogP contribution in [0.4, 0.5) is 0 Å². The van der Waals surface area contributed by atoms with Gasteiger partial charge in [-0.15, -0.1) is 0 Å². The third kappa shape index (κ3) is 4.25. The summed E-state index contributed by atoms with van der Waals surface area (Å²) in [6.07, 6.45) is 4.65. The van der Waals surface area contributed by atoms with E-state index in [0.29, 0.717) is 5.69 Å². The van der Waals surface area contributed by atoms with Crippen LogP contribution in [-0.2, 0) is 11.3 Å². The first-order valence-corrected chi connectivity index (χ1v) is 7.42. The smallest absolute Gasteiger partial charge is 0.251 e. The summed E-state index contributed by atoms with van der Waals surface area (Å²) in [6, 6.07) is 5.83. The average molecular weight is 313 g/mol. The van der Waals surface area contributed by atoms with Gasteiger partial charge in [-0.1, -0.05) is 18.2 Å². The predicted octanol–water partition coefficient (Wildman–Crippen LogP) is 1.07. The molecule has 0 saturated carbocycles. The van der Waals surface area contributed by atoms with Gasteiger partial charge in [0.15, 0.2) is 6.10 Å². The molecule has 1 aliphatic carbocycles. The molecular formula is C17H19N3O3. The van der Waals surface area contributed by atoms with Crippen molar-refractivity contribution in [1.82, 2.24) is 10.3 Å². The molecule has 1 heterocycles. The number of carbonyl (C=O) groups excluding carboxylic acids is 1. The number of nitrogens with one attached hydrogen (secondary N) is 1. The minimum Gasteiger partial charge on any atom is -0.390 e. The first kappa shape index (κ1) is 16.9. The van der Waals surface area contributed by atoms with E-state index in [1.807, 2.05) is 18.2 Å². The Kier molecular flexibility index (Phi) is 5.63. The zero-order chi connectivity index (χ0) is 16.8. The molecule has 0 spiro atoms. The third-order valence-electron chi connectivity index (χ3n) is 3.61. The topological polar surface area (TPSA) is 106 Å². The number of amides is 1. The molecule has 0 fully saturated rings. The third-order valence-corrected chi connectivity index (χ3v) is 3.61. The number of hydrogen-bond donors (Lipinski definition) is 3. The van der Waals surface area contributed by atoms with E-state index in [0.717, 1.165) is 29.6 Å². The Morgan fingerprint density at radius 2 is 2.26 bits per heavy atom. The van der Waals surface area contributed by atoms with E-state index in [1.165, 1.54) is 6.92 Å². The first-order valence-electron chi connectivity index (χ1n) is 7.42. The SMILES string of the molecule is CC(O)C(O)C(=O)NCc1ccc(C2=C(C#N)CCC=C2)cn1. The molecule has 0 saturated heterocycles. The van der Waals surface area contributed by atoms with Crippen molar-refractivity contribution in [2.45, 2.75) is 38.5 Å². The van der Waals surface area contributed by atoms with Crippen molar-refractivity contribution in [3.63, 3.8) is 0 Å². The zero-order valence-electron chi connectivity index (χ0n) is 12.9. The monoisotopic (exact) mass is 313 g/mol. The summed E-state index contributed by atoms with van der Waals surface area (Å²) >= 11 is 0. The molecule has 0 bridgehead atoms. The molecule has 2 atom stereocenters. The summed E-state index contributed by atoms with van der Waals surface area (Å²) in [5, 5.41) is 30.2. The van der Waals surface area contributed by atoms with Gasteiger partial charge < -0.3 is 15.5 Å². The molecule has 6 nitrogen and oxygen atoms in total. The van der Waals surface area contributed by atoms with Crippen LogP contribution in [-0.4, -0.2) is 33.3 Å². The standard InChI is InChI=1S/C17H19N3O3/c1-11(21)16(22)17(23)20-10-14-7-6-13(9-19-14)15-5-3-2-4-12(15)8-18/h3,5-7,9,11,16,21-22H,2,4,10H2,1H3,(H,20,23). The number of rotatable bonds is 5. The molecular weight excluding hydrogens is 294 g/mol. The fourth-order valence-corrected chi connectivity index (χ4v) is 2.24. The lowest BCUT2D eigenvalue weighted by Crippen LogP contribution is -2.40. The second-order valence-electron chi connectivity index (χ2n) is 5.39. The number of nitriles is 1. The van der Waals surface area contributed by atoms with Crippen LogP contribution >= 0.6 is 0 Å². The van der Waals surface area contributed by atoms with Crippen molar-refractivity contribution in [2.24, 2.45) is 0 Å². The largest absolute Gasteiger partial charge is 0.390 e. The molecule has 0 radical (unpaired) electrons. The van der Waals surface area contributed by atoms with Crippen LogP contribution in [0.3, 0.4) is 0 Å². The average Bonchev–Trinajstić information content (AvgIpc) is 2.59. The van der Waals surface area contributed by atoms with E-state index in [4.69, 9.17) is 10.4 Å². The van der Waals surface area contributed by atoms with Gasteiger partial charge in [0.25, 0.3) is 5.91 Å². The lowest BCUT2D eigenvalue weighted by molar-refractivity contribution is -0.134. The van der Waals surface area contributed by atoms with Crippen molar-refractivity contribution >= 4 is 11.5 Å². The van der Waals surface area contributed by atoms with Crippen LogP contribution in [0.25, 0.3) is 5.57 Å². The Morgan fingerprint density at radius 3 is 2.87 bits per heavy atom. The summed E-state index contributed by atoms with van der Waals surface area (Å²) in [5.74, 6) is -0.643. The van der Waals surface area contributed by atoms with Crippen LogP contribution in [0, 0.1) is 11.3 Å². The van der Waals surface area contributed by atoms with Crippen LogP contribution < -0.4 is 5.32 Å². The maximum Gasteiger partial charge on any atom is 0.251 e. The van der Waals surface area contributed by atoms with E-state index >= 15 is 0 Å². The highest BCUT2D eigenvalue weighted by atomic mass is 16.3. The van der Waals surface area contributed by atoms with Gasteiger partial charge in [0, 0.05) is 17.3 Å². The number of aromatic nitrogens is 1. The summed E-state index contributed by atoms with van der Waals surface area (Å²) in [7, 11) is 0. The first-order chi connectivity index (χ1) is 11.0. The second-order valence-corrected chi connectivity index (χ2v) is 5.39. The van der Waals surface area contributed by atoms with Gasteiger partial charge in [0.1, 0.15) is 0 Å². The summed E-state index contributed by atoms with van der Waals surface area (Å²) in [5.41, 5.74) is 3.11. The summed E-state index contributed by atoms with van der Waals surface area (Å²) in [6.45, 7) is 1.50. The predicted molar refractivity (Wildman–Crippen MR) is 84.7 cm³/mol. The van der Waals surface area contributed by atoms with Crippen LogP contribution in [0.2, 0.25) is 0 Å². The van der Waals surface area contributed by atoms with Gasteiger partial charge in [-0.2, -0.15) is 5.26 Å². The van der Waals surface area contributed by atoms with E-state index in [1.54, 1.807) is 12.3 Å². The van der Waals surface area contributed by atoms with Crippen molar-refractivity contribution < 1.29 is 15.0 Å². The molecule has 2 rings (SSSR count). The van der Waals surface area contributed by atoms with E-state index in [2.05, 4.69) is 16.4 Å². The van der Waals surface area contributed by atoms with Gasteiger partial charge in [-0.3, -0.25) is 9.78 Å². The van der Waals surface area contributed by atoms with Crippen LogP contribution in [0.5, 0.6) is 0 Å². The minimum atomic E-state index is -1.45. The molecule has 3 N–H and O–H groups in total. The Labute approximate surface area is 134 Å². The van der Waals surface area contributed by atoms with Gasteiger partial charge in [0.05, 0.1) is 24.4 Å². The molecule has 1 aromatic heterocycles. The highest BCUT2D eigenvalue weighted by Crippen LogP contribution is 2.26. The molecule has 120 valence electrons. The van der Waals surface area contributed by atoms with E-state index < -0.39 is 18.1 Å². The second kappa shape index (κ2) is 7.68. The highest BCUT2D eigenvalue weighted by Gasteiger charge is 2.19. The molecule has 1 aromatic rings. The molecule has 2 unspecified atom stereocenters. The Morgan fingerprint density at radius 1 is 1.48 bits per heavy atom. The Bertz CT molecular complexity index is 669. The van der Waals surface area contributed by atoms with Gasteiger partial charge in [0.2, 0.25) is 0 Å². The lowest BCUT2D eigenvalue weighted by Gasteiger charge is -2.14.